The summed E-state index contributed by atoms with van der Waals surface area (Å²) in [5, 5.41) is 23.1. The van der Waals surface area contributed by atoms with Gasteiger partial charge in [-0.2, -0.15) is 0 Å². The van der Waals surface area contributed by atoms with Gasteiger partial charge >= 0.3 is 11.9 Å². The van der Waals surface area contributed by atoms with Crippen LogP contribution in [0.5, 0.6) is 0 Å². The summed E-state index contributed by atoms with van der Waals surface area (Å²) in [5.74, 6) is -2.70. The third-order valence-electron chi connectivity index (χ3n) is 10.0. The number of thiazole rings is 1. The molecule has 0 saturated carbocycles. The largest absolute Gasteiger partial charge is 0.477 e. The zero-order valence-corrected chi connectivity index (χ0v) is 37.5. The lowest BCUT2D eigenvalue weighted by molar-refractivity contribution is -0.179. The molecule has 0 radical (unpaired) electrons. The summed E-state index contributed by atoms with van der Waals surface area (Å²) in [7, 11) is 1.90. The van der Waals surface area contributed by atoms with E-state index in [-0.39, 0.29) is 17.1 Å². The minimum Gasteiger partial charge on any atom is -0.477 e. The average molecular weight is 894 g/mol. The van der Waals surface area contributed by atoms with Crippen LogP contribution in [0.4, 0.5) is 5.13 Å². The first-order valence-corrected chi connectivity index (χ1v) is 22.7. The SMILES string of the molecule is CN1CC=CN=C1SCC1=C(C(=O)O)N2C(=O)[C@@H](NC(=O)/C(=N\OC(C)(C)C(=O)OC(C)(C)C)c3csc(NC(c4ccccc4)(c4ccccc4)c4ccccc4)n3)[C@H]2SC1. The Bertz CT molecular complexity index is 2350. The summed E-state index contributed by atoms with van der Waals surface area (Å²) < 4.78 is 5.57. The fourth-order valence-corrected chi connectivity index (χ4v) is 10.2. The van der Waals surface area contributed by atoms with E-state index in [1.807, 2.05) is 109 Å². The number of amidine groups is 1. The van der Waals surface area contributed by atoms with Gasteiger partial charge in [-0.05, 0) is 63.0 Å². The van der Waals surface area contributed by atoms with Gasteiger partial charge in [-0.1, -0.05) is 108 Å². The maximum absolute atomic E-state index is 14.4. The van der Waals surface area contributed by atoms with Gasteiger partial charge < -0.3 is 30.2 Å². The Kier molecular flexibility index (Phi) is 13.0. The Labute approximate surface area is 372 Å². The Morgan fingerprint density at radius 1 is 0.935 bits per heavy atom. The summed E-state index contributed by atoms with van der Waals surface area (Å²) >= 11 is 3.98. The monoisotopic (exact) mass is 893 g/mol. The second-order valence-electron chi connectivity index (χ2n) is 16.1. The van der Waals surface area contributed by atoms with Gasteiger partial charge in [-0.15, -0.1) is 23.1 Å². The highest BCUT2D eigenvalue weighted by Gasteiger charge is 2.54. The molecule has 1 saturated heterocycles. The first-order valence-electron chi connectivity index (χ1n) is 19.8. The van der Waals surface area contributed by atoms with Gasteiger partial charge in [-0.3, -0.25) is 14.5 Å². The van der Waals surface area contributed by atoms with Crippen LogP contribution in [0.3, 0.4) is 0 Å². The number of likely N-dealkylation sites (N-methyl/N-ethyl adjacent to an activating group) is 1. The Morgan fingerprint density at radius 2 is 1.53 bits per heavy atom. The van der Waals surface area contributed by atoms with E-state index in [4.69, 9.17) is 14.6 Å². The third-order valence-corrected chi connectivity index (χ3v) is 13.3. The van der Waals surface area contributed by atoms with Crippen molar-refractivity contribution in [1.29, 1.82) is 0 Å². The molecule has 3 aliphatic rings. The van der Waals surface area contributed by atoms with Gasteiger partial charge in [0, 0.05) is 36.7 Å². The molecule has 17 heteroatoms. The number of amides is 2. The number of aliphatic carboxylic acids is 1. The number of thioether (sulfide) groups is 2. The standard InChI is InChI=1S/C45H47N7O7S3/c1-43(2,3)58-40(57)44(4,5)59-50-33(36(53)48-34-37(54)52-35(39(55)56)28(25-60-38(34)52)26-62-42-46-23-16-24-51(42)6)32-27-61-41(47-32)49-45(29-17-10-7-11-18-29,30-19-12-8-13-20-30)31-21-14-9-15-22-31/h7-23,27,34,38H,24-26H2,1-6H3,(H,47,49)(H,48,53)(H,55,56)/b50-33-/t34-,38-/m1/s1. The number of hydrogen-bond acceptors (Lipinski definition) is 14. The molecule has 14 nitrogen and oxygen atoms in total. The molecule has 0 bridgehead atoms. The average Bonchev–Trinajstić information content (AvgIpc) is 3.72. The van der Waals surface area contributed by atoms with Gasteiger partial charge in [0.25, 0.3) is 11.8 Å². The minimum atomic E-state index is -1.63. The van der Waals surface area contributed by atoms with E-state index in [0.29, 0.717) is 28.8 Å². The molecular weight excluding hydrogens is 847 g/mol. The molecule has 0 spiro atoms. The van der Waals surface area contributed by atoms with E-state index in [1.54, 1.807) is 32.4 Å². The number of hydrogen-bond donors (Lipinski definition) is 3. The molecule has 0 unspecified atom stereocenters. The molecule has 2 amide bonds. The summed E-state index contributed by atoms with van der Waals surface area (Å²) in [6.07, 6.45) is 3.63. The second kappa shape index (κ2) is 18.2. The van der Waals surface area contributed by atoms with E-state index in [0.717, 1.165) is 21.9 Å². The number of β-lactam (4-membered cyclic amide) rings is 1. The van der Waals surface area contributed by atoms with Crippen molar-refractivity contribution in [3.05, 3.63) is 142 Å². The topological polar surface area (TPSA) is 175 Å². The van der Waals surface area contributed by atoms with Crippen molar-refractivity contribution in [2.45, 2.75) is 62.8 Å². The predicted molar refractivity (Wildman–Crippen MR) is 244 cm³/mol. The van der Waals surface area contributed by atoms with E-state index in [2.05, 4.69) is 20.8 Å². The maximum atomic E-state index is 14.4. The van der Waals surface area contributed by atoms with Crippen LogP contribution >= 0.6 is 34.9 Å². The van der Waals surface area contributed by atoms with E-state index >= 15 is 0 Å². The van der Waals surface area contributed by atoms with Gasteiger partial charge in [0.1, 0.15) is 33.9 Å². The highest BCUT2D eigenvalue weighted by molar-refractivity contribution is 8.14. The van der Waals surface area contributed by atoms with Gasteiger partial charge in [-0.25, -0.2) is 19.6 Å². The van der Waals surface area contributed by atoms with Gasteiger partial charge in [0.2, 0.25) is 5.60 Å². The van der Waals surface area contributed by atoms with Crippen LogP contribution in [0.2, 0.25) is 0 Å². The number of oxime groups is 1. The number of nitrogens with zero attached hydrogens (tertiary/aromatic N) is 5. The molecule has 3 N–H and O–H groups in total. The summed E-state index contributed by atoms with van der Waals surface area (Å²) in [6, 6.07) is 28.8. The van der Waals surface area contributed by atoms with Gasteiger partial charge in [0.05, 0.1) is 0 Å². The molecule has 1 fully saturated rings. The molecule has 7 rings (SSSR count). The van der Waals surface area contributed by atoms with Crippen LogP contribution in [0.25, 0.3) is 0 Å². The number of anilines is 1. The van der Waals surface area contributed by atoms with Crippen LogP contribution in [0.15, 0.2) is 130 Å². The molecule has 4 aromatic rings. The molecule has 4 heterocycles. The summed E-state index contributed by atoms with van der Waals surface area (Å²) in [6.45, 7) is 8.81. The normalized spacial score (nSPS) is 18.1. The highest BCUT2D eigenvalue weighted by Crippen LogP contribution is 2.43. The minimum absolute atomic E-state index is 0.100. The molecule has 62 heavy (non-hydrogen) atoms. The lowest BCUT2D eigenvalue weighted by Crippen LogP contribution is -2.71. The predicted octanol–water partition coefficient (Wildman–Crippen LogP) is 6.68. The number of rotatable bonds is 14. The Hall–Kier alpha value is -5.91. The highest BCUT2D eigenvalue weighted by atomic mass is 32.2. The number of carbonyl (C=O) groups is 4. The smallest absolute Gasteiger partial charge is 0.353 e. The van der Waals surface area contributed by atoms with Crippen molar-refractivity contribution < 1.29 is 33.9 Å². The van der Waals surface area contributed by atoms with Crippen LogP contribution in [0, 0.1) is 0 Å². The van der Waals surface area contributed by atoms with Crippen molar-refractivity contribution in [3.63, 3.8) is 0 Å². The quantitative estimate of drug-likeness (QED) is 0.0404. The van der Waals surface area contributed by atoms with Crippen molar-refractivity contribution in [2.24, 2.45) is 10.1 Å². The molecule has 3 aromatic carbocycles. The lowest BCUT2D eigenvalue weighted by atomic mass is 9.77. The number of carbonyl (C=O) groups excluding carboxylic acids is 3. The van der Waals surface area contributed by atoms with Crippen LogP contribution in [0.1, 0.15) is 57.0 Å². The van der Waals surface area contributed by atoms with Crippen LogP contribution < -0.4 is 10.6 Å². The zero-order chi connectivity index (χ0) is 44.2. The van der Waals surface area contributed by atoms with Crippen LogP contribution in [-0.4, -0.2) is 102 Å². The molecule has 322 valence electrons. The zero-order valence-electron chi connectivity index (χ0n) is 35.0. The first kappa shape index (κ1) is 44.2. The number of carboxylic acid groups (broad SMARTS) is 1. The number of ether oxygens (including phenoxy) is 1. The number of benzene rings is 3. The molecule has 2 atom stereocenters. The second-order valence-corrected chi connectivity index (χ2v) is 19.0. The summed E-state index contributed by atoms with van der Waals surface area (Å²) in [5.41, 5.74) is -0.311. The number of esters is 1. The maximum Gasteiger partial charge on any atom is 0.353 e. The number of carboxylic acids is 1. The molecule has 1 aromatic heterocycles. The lowest BCUT2D eigenvalue weighted by Gasteiger charge is -2.49. The van der Waals surface area contributed by atoms with Crippen molar-refractivity contribution >= 4 is 74.6 Å². The summed E-state index contributed by atoms with van der Waals surface area (Å²) in [4.78, 5) is 72.3. The van der Waals surface area contributed by atoms with E-state index in [1.165, 1.54) is 53.6 Å². The molecule has 0 aliphatic carbocycles. The molecule has 3 aliphatic heterocycles. The van der Waals surface area contributed by atoms with Crippen molar-refractivity contribution in [2.75, 3.05) is 30.4 Å². The number of nitrogens with one attached hydrogen (secondary N) is 2. The number of aromatic nitrogens is 1. The number of aliphatic imine (C=N–C) groups is 1. The fourth-order valence-electron chi connectivity index (χ4n) is 6.99. The van der Waals surface area contributed by atoms with Crippen molar-refractivity contribution in [3.8, 4) is 0 Å². The molecular formula is C45H47N7O7S3. The Balaban J connectivity index is 1.20. The fraction of sp³-hybridized carbons (Fsp3) is 0.311. The number of fused-ring (bicyclic) bond motifs is 1. The van der Waals surface area contributed by atoms with Crippen molar-refractivity contribution in [1.82, 2.24) is 20.1 Å². The van der Waals surface area contributed by atoms with E-state index < -0.39 is 51.9 Å². The van der Waals surface area contributed by atoms with Gasteiger partial charge in [0.15, 0.2) is 16.0 Å². The van der Waals surface area contributed by atoms with Crippen LogP contribution in [-0.2, 0) is 34.3 Å². The Morgan fingerprint density at radius 3 is 2.08 bits per heavy atom. The third kappa shape index (κ3) is 9.29. The van der Waals surface area contributed by atoms with E-state index in [9.17, 15) is 24.3 Å². The first-order chi connectivity index (χ1) is 29.6.